The highest BCUT2D eigenvalue weighted by Crippen LogP contribution is 2.37. The van der Waals surface area contributed by atoms with Gasteiger partial charge in [-0.25, -0.2) is 4.79 Å². The molecule has 4 rings (SSSR count). The highest BCUT2D eigenvalue weighted by atomic mass is 16.6. The fourth-order valence-electron chi connectivity index (χ4n) is 3.83. The van der Waals surface area contributed by atoms with E-state index in [0.29, 0.717) is 36.6 Å². The standard InChI is InChI=1S/C21H29N3O4/c1-21(2,3)28-20(26)23-8-6-14(7-9-23)24-12-13-10-17(22)18(27-15-4-5-15)11-16(13)19(24)25/h10-11,14-15H,4-9,12,22H2,1-3H3. The molecule has 28 heavy (non-hydrogen) atoms. The lowest BCUT2D eigenvalue weighted by atomic mass is 10.0. The predicted molar refractivity (Wildman–Crippen MR) is 105 cm³/mol. The van der Waals surface area contributed by atoms with Crippen molar-refractivity contribution in [1.82, 2.24) is 9.80 Å². The molecule has 1 aromatic carbocycles. The number of benzene rings is 1. The number of likely N-dealkylation sites (tertiary alicyclic amines) is 1. The van der Waals surface area contributed by atoms with Crippen molar-refractivity contribution in [2.45, 2.75) is 70.7 Å². The van der Waals surface area contributed by atoms with Gasteiger partial charge in [0.15, 0.2) is 0 Å². The van der Waals surface area contributed by atoms with Crippen LogP contribution >= 0.6 is 0 Å². The molecule has 152 valence electrons. The van der Waals surface area contributed by atoms with Crippen LogP contribution in [0, 0.1) is 0 Å². The Bertz CT molecular complexity index is 790. The molecule has 0 unspecified atom stereocenters. The second kappa shape index (κ2) is 6.87. The second-order valence-electron chi connectivity index (χ2n) is 9.00. The second-order valence-corrected chi connectivity index (χ2v) is 9.00. The molecule has 0 bridgehead atoms. The number of carbonyl (C=O) groups is 2. The maximum absolute atomic E-state index is 13.0. The molecule has 1 saturated carbocycles. The molecule has 0 aromatic heterocycles. The van der Waals surface area contributed by atoms with Crippen LogP contribution in [-0.4, -0.2) is 52.6 Å². The molecule has 2 amide bonds. The third-order valence-electron chi connectivity index (χ3n) is 5.44. The fourth-order valence-corrected chi connectivity index (χ4v) is 3.83. The Morgan fingerprint density at radius 2 is 1.82 bits per heavy atom. The maximum Gasteiger partial charge on any atom is 0.410 e. The lowest BCUT2D eigenvalue weighted by Gasteiger charge is -2.37. The van der Waals surface area contributed by atoms with Crippen LogP contribution in [0.15, 0.2) is 12.1 Å². The summed E-state index contributed by atoms with van der Waals surface area (Å²) < 4.78 is 11.3. The van der Waals surface area contributed by atoms with Gasteiger partial charge < -0.3 is 25.0 Å². The molecule has 2 heterocycles. The van der Waals surface area contributed by atoms with Crippen molar-refractivity contribution in [2.75, 3.05) is 18.8 Å². The summed E-state index contributed by atoms with van der Waals surface area (Å²) in [5, 5.41) is 0. The number of nitrogen functional groups attached to an aromatic ring is 1. The van der Waals surface area contributed by atoms with Crippen molar-refractivity contribution in [1.29, 1.82) is 0 Å². The number of rotatable bonds is 3. The van der Waals surface area contributed by atoms with E-state index < -0.39 is 5.60 Å². The minimum atomic E-state index is -0.499. The number of fused-ring (bicyclic) bond motifs is 1. The van der Waals surface area contributed by atoms with Gasteiger partial charge in [-0.1, -0.05) is 0 Å². The molecular formula is C21H29N3O4. The molecule has 2 aliphatic heterocycles. The van der Waals surface area contributed by atoms with E-state index in [-0.39, 0.29) is 24.1 Å². The molecular weight excluding hydrogens is 358 g/mol. The van der Waals surface area contributed by atoms with E-state index in [1.807, 2.05) is 31.7 Å². The predicted octanol–water partition coefficient (Wildman–Crippen LogP) is 3.17. The third-order valence-corrected chi connectivity index (χ3v) is 5.44. The number of piperidine rings is 1. The average molecular weight is 387 g/mol. The molecule has 3 aliphatic rings. The van der Waals surface area contributed by atoms with Gasteiger partial charge in [0, 0.05) is 31.2 Å². The summed E-state index contributed by atoms with van der Waals surface area (Å²) in [7, 11) is 0. The summed E-state index contributed by atoms with van der Waals surface area (Å²) in [5.74, 6) is 0.655. The van der Waals surface area contributed by atoms with Crippen molar-refractivity contribution < 1.29 is 19.1 Å². The molecule has 2 fully saturated rings. The number of nitrogens with two attached hydrogens (primary N) is 1. The van der Waals surface area contributed by atoms with E-state index in [1.54, 1.807) is 11.0 Å². The highest BCUT2D eigenvalue weighted by Gasteiger charge is 2.37. The van der Waals surface area contributed by atoms with Gasteiger partial charge in [-0.15, -0.1) is 0 Å². The highest BCUT2D eigenvalue weighted by molar-refractivity contribution is 5.99. The van der Waals surface area contributed by atoms with Crippen LogP contribution in [0.2, 0.25) is 0 Å². The summed E-state index contributed by atoms with van der Waals surface area (Å²) in [6, 6.07) is 3.80. The van der Waals surface area contributed by atoms with Gasteiger partial charge in [0.25, 0.3) is 5.91 Å². The quantitative estimate of drug-likeness (QED) is 0.805. The van der Waals surface area contributed by atoms with Crippen LogP contribution in [0.25, 0.3) is 0 Å². The zero-order valence-electron chi connectivity index (χ0n) is 16.9. The number of nitrogens with zero attached hydrogens (tertiary/aromatic N) is 2. The normalized spacial score (nSPS) is 20.3. The van der Waals surface area contributed by atoms with Crippen LogP contribution in [-0.2, 0) is 11.3 Å². The third kappa shape index (κ3) is 3.88. The molecule has 0 radical (unpaired) electrons. The number of amides is 2. The van der Waals surface area contributed by atoms with Crippen molar-refractivity contribution in [3.8, 4) is 5.75 Å². The first kappa shape index (κ1) is 18.9. The maximum atomic E-state index is 13.0. The fraction of sp³-hybridized carbons (Fsp3) is 0.619. The zero-order chi connectivity index (χ0) is 20.1. The van der Waals surface area contributed by atoms with Crippen LogP contribution in [0.3, 0.4) is 0 Å². The van der Waals surface area contributed by atoms with Crippen molar-refractivity contribution >= 4 is 17.7 Å². The SMILES string of the molecule is CC(C)(C)OC(=O)N1CCC(N2Cc3cc(N)c(OC4CC4)cc3C2=O)CC1. The number of anilines is 1. The minimum absolute atomic E-state index is 0.0337. The Labute approximate surface area is 165 Å². The lowest BCUT2D eigenvalue weighted by molar-refractivity contribution is 0.0148. The van der Waals surface area contributed by atoms with Crippen LogP contribution in [0.4, 0.5) is 10.5 Å². The number of hydrogen-bond acceptors (Lipinski definition) is 5. The Morgan fingerprint density at radius 3 is 2.43 bits per heavy atom. The zero-order valence-corrected chi connectivity index (χ0v) is 16.9. The molecule has 1 aromatic rings. The minimum Gasteiger partial charge on any atom is -0.488 e. The molecule has 1 saturated heterocycles. The van der Waals surface area contributed by atoms with E-state index >= 15 is 0 Å². The van der Waals surface area contributed by atoms with Gasteiger partial charge in [0.1, 0.15) is 11.4 Å². The van der Waals surface area contributed by atoms with Crippen LogP contribution in [0.1, 0.15) is 62.4 Å². The summed E-state index contributed by atoms with van der Waals surface area (Å²) in [4.78, 5) is 28.9. The molecule has 0 spiro atoms. The van der Waals surface area contributed by atoms with Gasteiger partial charge in [0.05, 0.1) is 11.8 Å². The summed E-state index contributed by atoms with van der Waals surface area (Å²) >= 11 is 0. The molecule has 0 atom stereocenters. The van der Waals surface area contributed by atoms with Gasteiger partial charge in [0.2, 0.25) is 0 Å². The Kier molecular flexibility index (Phi) is 4.63. The number of ether oxygens (including phenoxy) is 2. The Hall–Kier alpha value is -2.44. The average Bonchev–Trinajstić information content (AvgIpc) is 3.38. The molecule has 2 N–H and O–H groups in total. The summed E-state index contributed by atoms with van der Waals surface area (Å²) in [6.07, 6.45) is 3.56. The van der Waals surface area contributed by atoms with Gasteiger partial charge in [-0.3, -0.25) is 4.79 Å². The van der Waals surface area contributed by atoms with Crippen molar-refractivity contribution in [3.63, 3.8) is 0 Å². The van der Waals surface area contributed by atoms with E-state index in [9.17, 15) is 9.59 Å². The Balaban J connectivity index is 1.39. The Morgan fingerprint density at radius 1 is 1.14 bits per heavy atom. The monoisotopic (exact) mass is 387 g/mol. The van der Waals surface area contributed by atoms with Crippen LogP contribution in [0.5, 0.6) is 5.75 Å². The number of hydrogen-bond donors (Lipinski definition) is 1. The van der Waals surface area contributed by atoms with Gasteiger partial charge in [-0.05, 0) is 64.2 Å². The molecule has 7 nitrogen and oxygen atoms in total. The first-order valence-corrected chi connectivity index (χ1v) is 10.1. The summed E-state index contributed by atoms with van der Waals surface area (Å²) in [5.41, 5.74) is 7.88. The van der Waals surface area contributed by atoms with Crippen molar-refractivity contribution in [2.24, 2.45) is 0 Å². The molecule has 1 aliphatic carbocycles. The largest absolute Gasteiger partial charge is 0.488 e. The first-order chi connectivity index (χ1) is 13.2. The van der Waals surface area contributed by atoms with Gasteiger partial charge in [-0.2, -0.15) is 0 Å². The van der Waals surface area contributed by atoms with E-state index in [0.717, 1.165) is 31.2 Å². The van der Waals surface area contributed by atoms with Crippen molar-refractivity contribution in [3.05, 3.63) is 23.3 Å². The lowest BCUT2D eigenvalue weighted by Crippen LogP contribution is -2.48. The summed E-state index contributed by atoms with van der Waals surface area (Å²) in [6.45, 7) is 7.36. The van der Waals surface area contributed by atoms with Gasteiger partial charge >= 0.3 is 6.09 Å². The topological polar surface area (TPSA) is 85.1 Å². The smallest absolute Gasteiger partial charge is 0.410 e. The molecule has 7 heteroatoms. The van der Waals surface area contributed by atoms with Crippen LogP contribution < -0.4 is 10.5 Å². The van der Waals surface area contributed by atoms with E-state index in [2.05, 4.69) is 0 Å². The van der Waals surface area contributed by atoms with E-state index in [1.165, 1.54) is 0 Å². The number of carbonyl (C=O) groups excluding carboxylic acids is 2. The first-order valence-electron chi connectivity index (χ1n) is 10.1. The van der Waals surface area contributed by atoms with E-state index in [4.69, 9.17) is 15.2 Å².